The third-order valence-electron chi connectivity index (χ3n) is 4.13. The SMILES string of the molecule is COCCOc1ccc(C(C)NC(=O)c2cccc(C(=O)OC)c2)cc1OC. The highest BCUT2D eigenvalue weighted by molar-refractivity contribution is 5.98. The zero-order valence-electron chi connectivity index (χ0n) is 16.5. The molecule has 1 atom stereocenters. The summed E-state index contributed by atoms with van der Waals surface area (Å²) < 4.78 is 20.7. The van der Waals surface area contributed by atoms with Crippen LogP contribution in [0, 0.1) is 0 Å². The van der Waals surface area contributed by atoms with Gasteiger partial charge in [0, 0.05) is 12.7 Å². The Morgan fingerprint density at radius 3 is 2.39 bits per heavy atom. The number of ether oxygens (including phenoxy) is 4. The fourth-order valence-electron chi connectivity index (χ4n) is 2.58. The molecular formula is C21H25NO6. The summed E-state index contributed by atoms with van der Waals surface area (Å²) in [5.41, 5.74) is 1.55. The van der Waals surface area contributed by atoms with E-state index in [0.29, 0.717) is 35.8 Å². The maximum Gasteiger partial charge on any atom is 0.337 e. The van der Waals surface area contributed by atoms with Crippen LogP contribution in [0.1, 0.15) is 39.2 Å². The van der Waals surface area contributed by atoms with E-state index in [9.17, 15) is 9.59 Å². The first-order valence-corrected chi connectivity index (χ1v) is 8.79. The van der Waals surface area contributed by atoms with Gasteiger partial charge < -0.3 is 24.3 Å². The lowest BCUT2D eigenvalue weighted by atomic mass is 10.1. The molecule has 7 nitrogen and oxygen atoms in total. The molecule has 2 aromatic rings. The second-order valence-corrected chi connectivity index (χ2v) is 6.02. The number of methoxy groups -OCH3 is 3. The predicted molar refractivity (Wildman–Crippen MR) is 104 cm³/mol. The molecular weight excluding hydrogens is 362 g/mol. The summed E-state index contributed by atoms with van der Waals surface area (Å²) >= 11 is 0. The number of carbonyl (C=O) groups excluding carboxylic acids is 2. The van der Waals surface area contributed by atoms with Gasteiger partial charge in [-0.05, 0) is 42.8 Å². The molecule has 0 bridgehead atoms. The van der Waals surface area contributed by atoms with E-state index in [4.69, 9.17) is 14.2 Å². The normalized spacial score (nSPS) is 11.4. The van der Waals surface area contributed by atoms with Gasteiger partial charge >= 0.3 is 5.97 Å². The minimum absolute atomic E-state index is 0.281. The first kappa shape index (κ1) is 21.2. The monoisotopic (exact) mass is 387 g/mol. The van der Waals surface area contributed by atoms with Crippen LogP contribution in [0.25, 0.3) is 0 Å². The van der Waals surface area contributed by atoms with Crippen LogP contribution in [0.5, 0.6) is 11.5 Å². The highest BCUT2D eigenvalue weighted by Crippen LogP contribution is 2.30. The third-order valence-corrected chi connectivity index (χ3v) is 4.13. The van der Waals surface area contributed by atoms with E-state index in [1.807, 2.05) is 19.1 Å². The van der Waals surface area contributed by atoms with Gasteiger partial charge in [-0.25, -0.2) is 4.79 Å². The van der Waals surface area contributed by atoms with Crippen LogP contribution in [0.3, 0.4) is 0 Å². The number of benzene rings is 2. The summed E-state index contributed by atoms with van der Waals surface area (Å²) in [5, 5.41) is 2.91. The molecule has 0 saturated heterocycles. The Bertz CT molecular complexity index is 820. The Morgan fingerprint density at radius 1 is 0.964 bits per heavy atom. The number of hydrogen-bond donors (Lipinski definition) is 1. The van der Waals surface area contributed by atoms with Gasteiger partial charge in [-0.1, -0.05) is 12.1 Å². The Hall–Kier alpha value is -3.06. The van der Waals surface area contributed by atoms with Crippen molar-refractivity contribution in [1.29, 1.82) is 0 Å². The van der Waals surface area contributed by atoms with E-state index in [1.165, 1.54) is 13.2 Å². The smallest absolute Gasteiger partial charge is 0.337 e. The van der Waals surface area contributed by atoms with Crippen molar-refractivity contribution in [2.45, 2.75) is 13.0 Å². The van der Waals surface area contributed by atoms with Gasteiger partial charge in [-0.15, -0.1) is 0 Å². The Morgan fingerprint density at radius 2 is 1.71 bits per heavy atom. The highest BCUT2D eigenvalue weighted by Gasteiger charge is 2.16. The van der Waals surface area contributed by atoms with E-state index in [2.05, 4.69) is 10.1 Å². The lowest BCUT2D eigenvalue weighted by molar-refractivity contribution is 0.0600. The van der Waals surface area contributed by atoms with E-state index >= 15 is 0 Å². The fraction of sp³-hybridized carbons (Fsp3) is 0.333. The lowest BCUT2D eigenvalue weighted by Crippen LogP contribution is -2.26. The summed E-state index contributed by atoms with van der Waals surface area (Å²) in [4.78, 5) is 24.2. The maximum absolute atomic E-state index is 12.6. The molecule has 0 radical (unpaired) electrons. The molecule has 1 amide bonds. The molecule has 0 aliphatic rings. The molecule has 0 spiro atoms. The molecule has 0 aliphatic heterocycles. The van der Waals surface area contributed by atoms with Crippen molar-refractivity contribution in [3.8, 4) is 11.5 Å². The summed E-state index contributed by atoms with van der Waals surface area (Å²) in [6.07, 6.45) is 0. The number of hydrogen-bond acceptors (Lipinski definition) is 6. The average molecular weight is 387 g/mol. The van der Waals surface area contributed by atoms with Crippen LogP contribution in [-0.4, -0.2) is 46.4 Å². The number of esters is 1. The number of nitrogens with one attached hydrogen (secondary N) is 1. The molecule has 150 valence electrons. The van der Waals surface area contributed by atoms with Crippen LogP contribution in [0.15, 0.2) is 42.5 Å². The largest absolute Gasteiger partial charge is 0.493 e. The van der Waals surface area contributed by atoms with Crippen LogP contribution in [-0.2, 0) is 9.47 Å². The van der Waals surface area contributed by atoms with Gasteiger partial charge in [0.25, 0.3) is 5.91 Å². The molecule has 7 heteroatoms. The number of rotatable bonds is 9. The van der Waals surface area contributed by atoms with Gasteiger partial charge in [0.2, 0.25) is 0 Å². The maximum atomic E-state index is 12.6. The van der Waals surface area contributed by atoms with Crippen molar-refractivity contribution in [1.82, 2.24) is 5.32 Å². The van der Waals surface area contributed by atoms with Crippen molar-refractivity contribution in [3.05, 3.63) is 59.2 Å². The van der Waals surface area contributed by atoms with E-state index < -0.39 is 5.97 Å². The topological polar surface area (TPSA) is 83.1 Å². The standard InChI is InChI=1S/C21H25NO6/c1-14(15-8-9-18(19(13-15)26-3)28-11-10-25-2)22-20(23)16-6-5-7-17(12-16)21(24)27-4/h5-9,12-14H,10-11H2,1-4H3,(H,22,23). The van der Waals surface area contributed by atoms with Crippen molar-refractivity contribution in [2.24, 2.45) is 0 Å². The molecule has 2 rings (SSSR count). The molecule has 0 fully saturated rings. The first-order chi connectivity index (χ1) is 13.5. The van der Waals surface area contributed by atoms with E-state index in [1.54, 1.807) is 38.5 Å². The van der Waals surface area contributed by atoms with Gasteiger partial charge in [0.05, 0.1) is 32.4 Å². The predicted octanol–water partition coefficient (Wildman–Crippen LogP) is 3.00. The molecule has 1 N–H and O–H groups in total. The lowest BCUT2D eigenvalue weighted by Gasteiger charge is -2.17. The minimum atomic E-state index is -0.489. The third kappa shape index (κ3) is 5.47. The van der Waals surface area contributed by atoms with Crippen molar-refractivity contribution < 1.29 is 28.5 Å². The Balaban J connectivity index is 2.10. The molecule has 2 aromatic carbocycles. The summed E-state index contributed by atoms with van der Waals surface area (Å²) in [6, 6.07) is 11.6. The number of amides is 1. The number of carbonyl (C=O) groups is 2. The zero-order chi connectivity index (χ0) is 20.5. The van der Waals surface area contributed by atoms with Gasteiger partial charge in [-0.3, -0.25) is 4.79 Å². The summed E-state index contributed by atoms with van der Waals surface area (Å²) in [7, 11) is 4.46. The van der Waals surface area contributed by atoms with Gasteiger partial charge in [-0.2, -0.15) is 0 Å². The zero-order valence-corrected chi connectivity index (χ0v) is 16.5. The van der Waals surface area contributed by atoms with Crippen molar-refractivity contribution in [2.75, 3.05) is 34.5 Å². The Kier molecular flexibility index (Phi) is 7.83. The fourth-order valence-corrected chi connectivity index (χ4v) is 2.58. The van der Waals surface area contributed by atoms with Gasteiger partial charge in [0.15, 0.2) is 11.5 Å². The van der Waals surface area contributed by atoms with Crippen molar-refractivity contribution >= 4 is 11.9 Å². The molecule has 0 heterocycles. The molecule has 1 unspecified atom stereocenters. The molecule has 28 heavy (non-hydrogen) atoms. The van der Waals surface area contributed by atoms with Crippen LogP contribution < -0.4 is 14.8 Å². The molecule has 0 aliphatic carbocycles. The molecule has 0 aromatic heterocycles. The summed E-state index contributed by atoms with van der Waals surface area (Å²) in [5.74, 6) is 0.393. The van der Waals surface area contributed by atoms with Crippen LogP contribution >= 0.6 is 0 Å². The Labute approximate surface area is 164 Å². The second kappa shape index (κ2) is 10.3. The van der Waals surface area contributed by atoms with Crippen molar-refractivity contribution in [3.63, 3.8) is 0 Å². The first-order valence-electron chi connectivity index (χ1n) is 8.79. The second-order valence-electron chi connectivity index (χ2n) is 6.02. The van der Waals surface area contributed by atoms with Crippen LogP contribution in [0.4, 0.5) is 0 Å². The molecule has 0 saturated carbocycles. The minimum Gasteiger partial charge on any atom is -0.493 e. The summed E-state index contributed by atoms with van der Waals surface area (Å²) in [6.45, 7) is 2.75. The average Bonchev–Trinajstić information content (AvgIpc) is 2.73. The quantitative estimate of drug-likeness (QED) is 0.526. The van der Waals surface area contributed by atoms with E-state index in [-0.39, 0.29) is 11.9 Å². The van der Waals surface area contributed by atoms with Crippen LogP contribution in [0.2, 0.25) is 0 Å². The van der Waals surface area contributed by atoms with Gasteiger partial charge in [0.1, 0.15) is 6.61 Å². The highest BCUT2D eigenvalue weighted by atomic mass is 16.5. The van der Waals surface area contributed by atoms with E-state index in [0.717, 1.165) is 5.56 Å².